The molecule has 102 valence electrons. The summed E-state index contributed by atoms with van der Waals surface area (Å²) in [6.07, 6.45) is 4.69. The Morgan fingerprint density at radius 3 is 2.95 bits per heavy atom. The van der Waals surface area contributed by atoms with Crippen molar-refractivity contribution in [3.05, 3.63) is 59.2 Å². The van der Waals surface area contributed by atoms with E-state index in [-0.39, 0.29) is 5.91 Å². The summed E-state index contributed by atoms with van der Waals surface area (Å²) in [4.78, 5) is 22.4. The molecule has 1 aliphatic heterocycles. The number of benzene rings is 1. The molecule has 0 bridgehead atoms. The van der Waals surface area contributed by atoms with E-state index in [2.05, 4.69) is 29.0 Å². The third-order valence-electron chi connectivity index (χ3n) is 3.81. The summed E-state index contributed by atoms with van der Waals surface area (Å²) in [7, 11) is 0. The molecule has 4 nitrogen and oxygen atoms in total. The summed E-state index contributed by atoms with van der Waals surface area (Å²) in [5.74, 6) is 0.186. The first-order valence-electron chi connectivity index (χ1n) is 6.84. The predicted molar refractivity (Wildman–Crippen MR) is 75.8 cm³/mol. The zero-order chi connectivity index (χ0) is 13.9. The zero-order valence-electron chi connectivity index (χ0n) is 11.5. The third-order valence-corrected chi connectivity index (χ3v) is 3.81. The highest BCUT2D eigenvalue weighted by Crippen LogP contribution is 2.20. The van der Waals surface area contributed by atoms with E-state index in [1.807, 2.05) is 17.0 Å². The molecule has 2 aromatic rings. The van der Waals surface area contributed by atoms with Crippen LogP contribution in [0.5, 0.6) is 0 Å². The largest absolute Gasteiger partial charge is 0.332 e. The molecule has 0 saturated heterocycles. The topological polar surface area (TPSA) is 46.1 Å². The van der Waals surface area contributed by atoms with Gasteiger partial charge in [0.25, 0.3) is 0 Å². The van der Waals surface area contributed by atoms with Crippen LogP contribution in [0.25, 0.3) is 0 Å². The van der Waals surface area contributed by atoms with E-state index in [0.717, 1.165) is 17.7 Å². The number of aryl methyl sites for hydroxylation is 2. The van der Waals surface area contributed by atoms with Gasteiger partial charge in [0.2, 0.25) is 5.91 Å². The molecule has 0 radical (unpaired) electrons. The summed E-state index contributed by atoms with van der Waals surface area (Å²) in [6, 6.07) is 8.22. The van der Waals surface area contributed by atoms with Crippen molar-refractivity contribution < 1.29 is 4.79 Å². The molecule has 3 rings (SSSR count). The molecular weight excluding hydrogens is 250 g/mol. The molecule has 1 aromatic carbocycles. The second kappa shape index (κ2) is 5.41. The lowest BCUT2D eigenvalue weighted by Gasteiger charge is -2.15. The number of amides is 1. The van der Waals surface area contributed by atoms with Gasteiger partial charge in [-0.2, -0.15) is 0 Å². The molecule has 4 heteroatoms. The molecule has 0 fully saturated rings. The normalized spacial score (nSPS) is 13.3. The van der Waals surface area contributed by atoms with Gasteiger partial charge in [-0.3, -0.25) is 4.79 Å². The molecule has 0 atom stereocenters. The van der Waals surface area contributed by atoms with Crippen LogP contribution in [-0.4, -0.2) is 20.8 Å². The van der Waals surface area contributed by atoms with Gasteiger partial charge in [-0.05, 0) is 24.5 Å². The SMILES string of the molecule is Cc1ccccc1CCC(=O)N1Cc2cncnc2C1. The molecule has 0 unspecified atom stereocenters. The van der Waals surface area contributed by atoms with E-state index in [1.54, 1.807) is 12.5 Å². The average Bonchev–Trinajstić information content (AvgIpc) is 2.90. The van der Waals surface area contributed by atoms with E-state index in [4.69, 9.17) is 0 Å². The predicted octanol–water partition coefficient (Wildman–Crippen LogP) is 2.26. The number of carbonyl (C=O) groups is 1. The maximum Gasteiger partial charge on any atom is 0.223 e. The highest BCUT2D eigenvalue weighted by atomic mass is 16.2. The number of fused-ring (bicyclic) bond motifs is 1. The molecule has 1 aromatic heterocycles. The van der Waals surface area contributed by atoms with Crippen LogP contribution in [0.15, 0.2) is 36.8 Å². The Balaban J connectivity index is 1.61. The van der Waals surface area contributed by atoms with Crippen molar-refractivity contribution >= 4 is 5.91 Å². The highest BCUT2D eigenvalue weighted by molar-refractivity contribution is 5.77. The molecule has 1 amide bonds. The van der Waals surface area contributed by atoms with E-state index in [9.17, 15) is 4.79 Å². The summed E-state index contributed by atoms with van der Waals surface area (Å²) >= 11 is 0. The minimum Gasteiger partial charge on any atom is -0.332 e. The van der Waals surface area contributed by atoms with E-state index >= 15 is 0 Å². The maximum atomic E-state index is 12.3. The fourth-order valence-electron chi connectivity index (χ4n) is 2.57. The van der Waals surface area contributed by atoms with Crippen LogP contribution in [-0.2, 0) is 24.3 Å². The first-order valence-corrected chi connectivity index (χ1v) is 6.84. The van der Waals surface area contributed by atoms with Gasteiger partial charge in [0, 0.05) is 24.7 Å². The maximum absolute atomic E-state index is 12.3. The van der Waals surface area contributed by atoms with Gasteiger partial charge >= 0.3 is 0 Å². The average molecular weight is 267 g/mol. The quantitative estimate of drug-likeness (QED) is 0.857. The van der Waals surface area contributed by atoms with Gasteiger partial charge in [0.15, 0.2) is 0 Å². The van der Waals surface area contributed by atoms with Crippen LogP contribution in [0.2, 0.25) is 0 Å². The minimum atomic E-state index is 0.186. The zero-order valence-corrected chi connectivity index (χ0v) is 11.5. The van der Waals surface area contributed by atoms with Gasteiger partial charge in [-0.15, -0.1) is 0 Å². The van der Waals surface area contributed by atoms with Crippen LogP contribution in [0, 0.1) is 6.92 Å². The highest BCUT2D eigenvalue weighted by Gasteiger charge is 2.23. The molecular formula is C16H17N3O. The number of hydrogen-bond acceptors (Lipinski definition) is 3. The van der Waals surface area contributed by atoms with E-state index < -0.39 is 0 Å². The van der Waals surface area contributed by atoms with Crippen LogP contribution < -0.4 is 0 Å². The van der Waals surface area contributed by atoms with Crippen molar-refractivity contribution in [2.24, 2.45) is 0 Å². The summed E-state index contributed by atoms with van der Waals surface area (Å²) in [5.41, 5.74) is 4.54. The van der Waals surface area contributed by atoms with Crippen molar-refractivity contribution in [3.8, 4) is 0 Å². The van der Waals surface area contributed by atoms with Crippen LogP contribution in [0.4, 0.5) is 0 Å². The summed E-state index contributed by atoms with van der Waals surface area (Å²) in [5, 5.41) is 0. The molecule has 0 saturated carbocycles. The molecule has 2 heterocycles. The Morgan fingerprint density at radius 1 is 1.30 bits per heavy atom. The molecule has 0 N–H and O–H groups in total. The van der Waals surface area contributed by atoms with Crippen LogP contribution in [0.3, 0.4) is 0 Å². The van der Waals surface area contributed by atoms with E-state index in [0.29, 0.717) is 19.5 Å². The lowest BCUT2D eigenvalue weighted by molar-refractivity contribution is -0.131. The Hall–Kier alpha value is -2.23. The number of nitrogens with zero attached hydrogens (tertiary/aromatic N) is 3. The Labute approximate surface area is 118 Å². The van der Waals surface area contributed by atoms with Gasteiger partial charge in [0.05, 0.1) is 12.2 Å². The third kappa shape index (κ3) is 2.54. The monoisotopic (exact) mass is 267 g/mol. The number of aromatic nitrogens is 2. The summed E-state index contributed by atoms with van der Waals surface area (Å²) < 4.78 is 0. The summed E-state index contributed by atoms with van der Waals surface area (Å²) in [6.45, 7) is 3.34. The molecule has 1 aliphatic rings. The molecule has 0 spiro atoms. The van der Waals surface area contributed by atoms with Gasteiger partial charge < -0.3 is 4.90 Å². The Kier molecular flexibility index (Phi) is 3.46. The lowest BCUT2D eigenvalue weighted by atomic mass is 10.0. The number of hydrogen-bond donors (Lipinski definition) is 0. The Bertz CT molecular complexity index is 614. The molecule has 0 aliphatic carbocycles. The molecule has 20 heavy (non-hydrogen) atoms. The fourth-order valence-corrected chi connectivity index (χ4v) is 2.57. The minimum absolute atomic E-state index is 0.186. The fraction of sp³-hybridized carbons (Fsp3) is 0.312. The van der Waals surface area contributed by atoms with Crippen molar-refractivity contribution in [2.75, 3.05) is 0 Å². The van der Waals surface area contributed by atoms with Crippen LogP contribution >= 0.6 is 0 Å². The number of carbonyl (C=O) groups excluding carboxylic acids is 1. The van der Waals surface area contributed by atoms with Crippen molar-refractivity contribution in [1.29, 1.82) is 0 Å². The smallest absolute Gasteiger partial charge is 0.223 e. The second-order valence-corrected chi connectivity index (χ2v) is 5.17. The lowest BCUT2D eigenvalue weighted by Crippen LogP contribution is -2.25. The van der Waals surface area contributed by atoms with E-state index in [1.165, 1.54) is 11.1 Å². The second-order valence-electron chi connectivity index (χ2n) is 5.17. The number of rotatable bonds is 3. The van der Waals surface area contributed by atoms with Gasteiger partial charge in [0.1, 0.15) is 6.33 Å². The first-order chi connectivity index (χ1) is 9.74. The first kappa shape index (κ1) is 12.8. The van der Waals surface area contributed by atoms with Crippen molar-refractivity contribution in [1.82, 2.24) is 14.9 Å². The van der Waals surface area contributed by atoms with Crippen molar-refractivity contribution in [2.45, 2.75) is 32.9 Å². The van der Waals surface area contributed by atoms with Crippen molar-refractivity contribution in [3.63, 3.8) is 0 Å². The van der Waals surface area contributed by atoms with Gasteiger partial charge in [-0.25, -0.2) is 9.97 Å². The standard InChI is InChI=1S/C16H17N3O/c1-12-4-2-3-5-13(12)6-7-16(20)19-9-14-8-17-11-18-15(14)10-19/h2-5,8,11H,6-7,9-10H2,1H3. The van der Waals surface area contributed by atoms with Crippen LogP contribution in [0.1, 0.15) is 28.8 Å². The Morgan fingerprint density at radius 2 is 2.15 bits per heavy atom. The van der Waals surface area contributed by atoms with Gasteiger partial charge in [-0.1, -0.05) is 24.3 Å².